The van der Waals surface area contributed by atoms with Crippen LogP contribution in [0.25, 0.3) is 0 Å². The van der Waals surface area contributed by atoms with Gasteiger partial charge in [-0.2, -0.15) is 13.2 Å². The molecule has 0 aromatic rings. The van der Waals surface area contributed by atoms with Crippen LogP contribution in [0.3, 0.4) is 0 Å². The first kappa shape index (κ1) is 18.9. The van der Waals surface area contributed by atoms with E-state index in [4.69, 9.17) is 0 Å². The van der Waals surface area contributed by atoms with Crippen molar-refractivity contribution in [1.29, 1.82) is 0 Å². The molecule has 2 atom stereocenters. The standard InChI is InChI=1S/C15H24F3N2O2S/c16-15(17,18)23-20(22)7-6-19-14(21)5-4-13-9-11-2-1-3-12(8-11)10-13/h11-13H,1-10H2,(H,19,21)/q-1. The summed E-state index contributed by atoms with van der Waals surface area (Å²) >= 11 is -0.720. The van der Waals surface area contributed by atoms with Crippen LogP contribution in [-0.2, 0) is 4.79 Å². The van der Waals surface area contributed by atoms with Crippen LogP contribution in [0.2, 0.25) is 0 Å². The van der Waals surface area contributed by atoms with Crippen molar-refractivity contribution in [2.45, 2.75) is 56.9 Å². The maximum absolute atomic E-state index is 11.9. The first-order valence-electron chi connectivity index (χ1n) is 8.29. The molecule has 0 heterocycles. The summed E-state index contributed by atoms with van der Waals surface area (Å²) in [6.07, 6.45) is 8.97. The summed E-state index contributed by atoms with van der Waals surface area (Å²) in [5.41, 5.74) is -4.58. The van der Waals surface area contributed by atoms with Gasteiger partial charge in [-0.05, 0) is 43.4 Å². The van der Waals surface area contributed by atoms with E-state index in [0.29, 0.717) is 12.3 Å². The number of amides is 1. The van der Waals surface area contributed by atoms with Gasteiger partial charge in [0.1, 0.15) is 0 Å². The van der Waals surface area contributed by atoms with Crippen molar-refractivity contribution in [2.75, 3.05) is 13.1 Å². The van der Waals surface area contributed by atoms with E-state index in [1.165, 1.54) is 38.5 Å². The number of hydrogen-bond acceptors (Lipinski definition) is 4. The summed E-state index contributed by atoms with van der Waals surface area (Å²) in [6, 6.07) is 0. The van der Waals surface area contributed by atoms with Gasteiger partial charge in [0, 0.05) is 31.5 Å². The van der Waals surface area contributed by atoms with E-state index in [-0.39, 0.29) is 23.5 Å². The molecule has 2 rings (SSSR count). The lowest BCUT2D eigenvalue weighted by Crippen LogP contribution is -2.32. The maximum Gasteiger partial charge on any atom is 0.455 e. The molecule has 23 heavy (non-hydrogen) atoms. The van der Waals surface area contributed by atoms with Crippen LogP contribution in [-0.4, -0.2) is 29.0 Å². The normalized spacial score (nSPS) is 28.0. The van der Waals surface area contributed by atoms with Crippen LogP contribution in [0.4, 0.5) is 13.2 Å². The highest BCUT2D eigenvalue weighted by Crippen LogP contribution is 2.43. The fraction of sp³-hybridized carbons (Fsp3) is 0.933. The molecule has 0 aromatic heterocycles. The smallest absolute Gasteiger partial charge is 0.455 e. The highest BCUT2D eigenvalue weighted by Gasteiger charge is 2.31. The molecule has 2 saturated carbocycles. The Morgan fingerprint density at radius 1 is 1.22 bits per heavy atom. The van der Waals surface area contributed by atoms with Gasteiger partial charge in [0.2, 0.25) is 5.91 Å². The number of alkyl halides is 3. The molecule has 2 unspecified atom stereocenters. The molecule has 134 valence electrons. The van der Waals surface area contributed by atoms with Gasteiger partial charge in [0.05, 0.1) is 0 Å². The van der Waals surface area contributed by atoms with Crippen molar-refractivity contribution in [3.8, 4) is 0 Å². The number of carbonyl (C=O) groups is 1. The number of rotatable bonds is 7. The van der Waals surface area contributed by atoms with E-state index in [9.17, 15) is 23.2 Å². The van der Waals surface area contributed by atoms with Crippen molar-refractivity contribution in [3.05, 3.63) is 5.21 Å². The molecule has 2 bridgehead atoms. The molecule has 2 aliphatic rings. The highest BCUT2D eigenvalue weighted by atomic mass is 32.2. The lowest BCUT2D eigenvalue weighted by molar-refractivity contribution is -0.121. The Kier molecular flexibility index (Phi) is 7.03. The van der Waals surface area contributed by atoms with Gasteiger partial charge in [-0.1, -0.05) is 19.3 Å². The lowest BCUT2D eigenvalue weighted by Gasteiger charge is -2.39. The minimum Gasteiger partial charge on any atom is -0.775 e. The van der Waals surface area contributed by atoms with E-state index >= 15 is 0 Å². The number of nitrogens with zero attached hydrogens (tertiary/aromatic N) is 1. The predicted molar refractivity (Wildman–Crippen MR) is 84.1 cm³/mol. The molecule has 1 N–H and O–H groups in total. The Bertz CT molecular complexity index is 383. The summed E-state index contributed by atoms with van der Waals surface area (Å²) in [6.45, 7) is -0.426. The second-order valence-corrected chi connectivity index (χ2v) is 7.77. The lowest BCUT2D eigenvalue weighted by atomic mass is 9.67. The minimum absolute atomic E-state index is 0.0542. The van der Waals surface area contributed by atoms with Gasteiger partial charge in [-0.25, -0.2) is 0 Å². The van der Waals surface area contributed by atoms with Crippen LogP contribution in [0.1, 0.15) is 51.4 Å². The average molecular weight is 353 g/mol. The number of hydrogen-bond donors (Lipinski definition) is 1. The summed E-state index contributed by atoms with van der Waals surface area (Å²) < 4.78 is 35.7. The van der Waals surface area contributed by atoms with Crippen molar-refractivity contribution >= 4 is 17.9 Å². The van der Waals surface area contributed by atoms with E-state index in [1.807, 2.05) is 0 Å². The molecule has 4 nitrogen and oxygen atoms in total. The molecule has 0 saturated heterocycles. The van der Waals surface area contributed by atoms with Crippen LogP contribution in [0.15, 0.2) is 0 Å². The van der Waals surface area contributed by atoms with Gasteiger partial charge in [-0.15, -0.1) is 0 Å². The molecule has 8 heteroatoms. The number of carbonyl (C=O) groups excluding carboxylic acids is 1. The Balaban J connectivity index is 1.56. The van der Waals surface area contributed by atoms with E-state index in [1.54, 1.807) is 0 Å². The van der Waals surface area contributed by atoms with Gasteiger partial charge in [0.15, 0.2) is 0 Å². The molecule has 1 amide bonds. The quantitative estimate of drug-likeness (QED) is 0.554. The predicted octanol–water partition coefficient (Wildman–Crippen LogP) is 4.07. The van der Waals surface area contributed by atoms with Crippen molar-refractivity contribution in [1.82, 2.24) is 9.79 Å². The summed E-state index contributed by atoms with van der Waals surface area (Å²) in [4.78, 5) is 11.7. The molecule has 0 aromatic carbocycles. The monoisotopic (exact) mass is 353 g/mol. The summed E-state index contributed by atoms with van der Waals surface area (Å²) in [5, 5.41) is 13.5. The minimum atomic E-state index is -4.58. The Morgan fingerprint density at radius 3 is 2.48 bits per heavy atom. The molecule has 2 aliphatic carbocycles. The third-order valence-electron chi connectivity index (χ3n) is 4.83. The zero-order valence-corrected chi connectivity index (χ0v) is 13.9. The van der Waals surface area contributed by atoms with E-state index < -0.39 is 17.5 Å². The first-order valence-corrected chi connectivity index (χ1v) is 9.06. The first-order chi connectivity index (χ1) is 10.8. The second-order valence-electron chi connectivity index (χ2n) is 6.72. The average Bonchev–Trinajstić information content (AvgIpc) is 2.43. The largest absolute Gasteiger partial charge is 0.775 e. The van der Waals surface area contributed by atoms with Gasteiger partial charge in [0.25, 0.3) is 0 Å². The third-order valence-corrected chi connectivity index (χ3v) is 5.42. The summed E-state index contributed by atoms with van der Waals surface area (Å²) in [5.74, 6) is 2.07. The van der Waals surface area contributed by atoms with Crippen molar-refractivity contribution < 1.29 is 18.0 Å². The molecule has 0 aliphatic heterocycles. The van der Waals surface area contributed by atoms with E-state index in [0.717, 1.165) is 18.3 Å². The summed E-state index contributed by atoms with van der Waals surface area (Å²) in [7, 11) is 0. The fourth-order valence-electron chi connectivity index (χ4n) is 3.98. The maximum atomic E-state index is 11.9. The Morgan fingerprint density at radius 2 is 1.87 bits per heavy atom. The molecular formula is C15H24F3N2O2S-. The van der Waals surface area contributed by atoms with E-state index in [2.05, 4.69) is 5.32 Å². The zero-order valence-electron chi connectivity index (χ0n) is 13.1. The topological polar surface area (TPSA) is 55.4 Å². The van der Waals surface area contributed by atoms with Crippen LogP contribution in [0.5, 0.6) is 0 Å². The van der Waals surface area contributed by atoms with Crippen molar-refractivity contribution in [3.63, 3.8) is 0 Å². The Labute approximate surface area is 139 Å². The van der Waals surface area contributed by atoms with Crippen molar-refractivity contribution in [2.24, 2.45) is 17.8 Å². The van der Waals surface area contributed by atoms with Crippen LogP contribution < -0.4 is 5.32 Å². The van der Waals surface area contributed by atoms with Gasteiger partial charge >= 0.3 is 5.51 Å². The SMILES string of the molecule is O=C(CCC1CC2CCCC(C2)C1)NCCN([O-])SC(F)(F)F. The number of halogens is 3. The molecule has 2 fully saturated rings. The fourth-order valence-corrected chi connectivity index (χ4v) is 4.39. The Hall–Kier alpha value is -0.470. The van der Waals surface area contributed by atoms with Gasteiger partial charge in [-0.3, -0.25) is 4.79 Å². The van der Waals surface area contributed by atoms with Crippen LogP contribution in [0, 0.1) is 23.0 Å². The third kappa shape index (κ3) is 7.30. The van der Waals surface area contributed by atoms with Gasteiger partial charge < -0.3 is 15.0 Å². The molecule has 0 radical (unpaired) electrons. The van der Waals surface area contributed by atoms with Crippen LogP contribution >= 0.6 is 11.9 Å². The molecule has 0 spiro atoms. The number of hydroxylamine groups is 1. The molecular weight excluding hydrogens is 329 g/mol. The highest BCUT2D eigenvalue weighted by molar-refractivity contribution is 7.97. The number of fused-ring (bicyclic) bond motifs is 2. The zero-order chi connectivity index (χ0) is 16.9. The number of nitrogens with one attached hydrogen (secondary N) is 1. The second kappa shape index (κ2) is 8.58.